The van der Waals surface area contributed by atoms with E-state index in [1.807, 2.05) is 6.07 Å². The lowest BCUT2D eigenvalue weighted by Crippen LogP contribution is -1.99. The summed E-state index contributed by atoms with van der Waals surface area (Å²) in [6, 6.07) is 1.91. The van der Waals surface area contributed by atoms with E-state index in [0.29, 0.717) is 0 Å². The van der Waals surface area contributed by atoms with E-state index >= 15 is 0 Å². The fraction of sp³-hybridized carbons (Fsp3) is 0.375. The molecule has 1 heterocycles. The number of hydrogen-bond donors (Lipinski definition) is 0. The molecule has 0 atom stereocenters. The lowest BCUT2D eigenvalue weighted by Gasteiger charge is -2.03. The molecule has 0 saturated heterocycles. The number of ether oxygens (including phenoxy) is 1. The van der Waals surface area contributed by atoms with Crippen molar-refractivity contribution in [3.8, 4) is 5.75 Å². The lowest BCUT2D eigenvalue weighted by molar-refractivity contribution is 0.342. The third-order valence-corrected chi connectivity index (χ3v) is 2.24. The first kappa shape index (κ1) is 9.86. The molecule has 0 aliphatic carbocycles. The minimum atomic E-state index is 0.735. The summed E-state index contributed by atoms with van der Waals surface area (Å²) in [4.78, 5) is 3.98. The minimum Gasteiger partial charge on any atom is -0.491 e. The van der Waals surface area contributed by atoms with Gasteiger partial charge in [0.25, 0.3) is 0 Å². The largest absolute Gasteiger partial charge is 0.491 e. The van der Waals surface area contributed by atoms with Crippen molar-refractivity contribution in [3.63, 3.8) is 0 Å². The van der Waals surface area contributed by atoms with E-state index in [0.717, 1.165) is 22.6 Å². The number of thioether (sulfide) groups is 1. The van der Waals surface area contributed by atoms with Crippen LogP contribution in [-0.2, 0) is 0 Å². The Morgan fingerprint density at radius 2 is 2.42 bits per heavy atom. The third kappa shape index (κ3) is 3.45. The second-order valence-electron chi connectivity index (χ2n) is 2.18. The molecule has 0 radical (unpaired) electrons. The van der Waals surface area contributed by atoms with E-state index in [-0.39, 0.29) is 0 Å². The van der Waals surface area contributed by atoms with Crippen molar-refractivity contribution < 1.29 is 4.74 Å². The number of aromatic nitrogens is 1. The molecule has 0 aliphatic heterocycles. The van der Waals surface area contributed by atoms with Crippen LogP contribution in [0.2, 0.25) is 0 Å². The van der Waals surface area contributed by atoms with Gasteiger partial charge in [0.1, 0.15) is 5.75 Å². The molecule has 0 unspecified atom stereocenters. The van der Waals surface area contributed by atoms with Gasteiger partial charge in [-0.1, -0.05) is 0 Å². The van der Waals surface area contributed by atoms with Gasteiger partial charge in [-0.2, -0.15) is 11.8 Å². The van der Waals surface area contributed by atoms with Gasteiger partial charge in [-0.25, -0.2) is 0 Å². The van der Waals surface area contributed by atoms with Crippen molar-refractivity contribution in [1.29, 1.82) is 0 Å². The Bertz CT molecular complexity index is 244. The molecule has 0 N–H and O–H groups in total. The molecule has 0 bridgehead atoms. The van der Waals surface area contributed by atoms with E-state index < -0.39 is 0 Å². The monoisotopic (exact) mass is 247 g/mol. The van der Waals surface area contributed by atoms with Gasteiger partial charge in [-0.15, -0.1) is 0 Å². The zero-order chi connectivity index (χ0) is 8.81. The van der Waals surface area contributed by atoms with Crippen LogP contribution < -0.4 is 4.74 Å². The van der Waals surface area contributed by atoms with Gasteiger partial charge in [-0.3, -0.25) is 4.98 Å². The molecular weight excluding hydrogens is 238 g/mol. The van der Waals surface area contributed by atoms with Crippen molar-refractivity contribution in [2.75, 3.05) is 18.6 Å². The molecule has 0 aliphatic rings. The Labute approximate surface area is 84.9 Å². The van der Waals surface area contributed by atoms with Gasteiger partial charge in [0.2, 0.25) is 0 Å². The quantitative estimate of drug-likeness (QED) is 0.764. The predicted molar refractivity (Wildman–Crippen MR) is 55.8 cm³/mol. The van der Waals surface area contributed by atoms with Crippen LogP contribution in [0, 0.1) is 0 Å². The molecule has 2 nitrogen and oxygen atoms in total. The third-order valence-electron chi connectivity index (χ3n) is 1.24. The zero-order valence-corrected chi connectivity index (χ0v) is 9.19. The number of pyridine rings is 1. The standard InChI is InChI=1S/C8H10BrNOS/c1-12-3-2-11-8-4-7(9)5-10-6-8/h4-6H,2-3H2,1H3. The highest BCUT2D eigenvalue weighted by Crippen LogP contribution is 2.15. The smallest absolute Gasteiger partial charge is 0.138 e. The normalized spacial score (nSPS) is 9.83. The number of nitrogens with zero attached hydrogens (tertiary/aromatic N) is 1. The van der Waals surface area contributed by atoms with Gasteiger partial charge in [0, 0.05) is 16.4 Å². The fourth-order valence-electron chi connectivity index (χ4n) is 0.714. The fourth-order valence-corrected chi connectivity index (χ4v) is 1.31. The van der Waals surface area contributed by atoms with E-state index in [2.05, 4.69) is 27.2 Å². The van der Waals surface area contributed by atoms with Gasteiger partial charge in [-0.05, 0) is 28.3 Å². The van der Waals surface area contributed by atoms with Gasteiger partial charge < -0.3 is 4.74 Å². The Morgan fingerprint density at radius 1 is 1.58 bits per heavy atom. The summed E-state index contributed by atoms with van der Waals surface area (Å²) in [5, 5.41) is 0. The maximum atomic E-state index is 5.41. The maximum Gasteiger partial charge on any atom is 0.138 e. The van der Waals surface area contributed by atoms with Crippen molar-refractivity contribution in [2.45, 2.75) is 0 Å². The summed E-state index contributed by atoms with van der Waals surface area (Å²) in [6.45, 7) is 0.735. The summed E-state index contributed by atoms with van der Waals surface area (Å²) in [5.74, 6) is 1.82. The molecule has 4 heteroatoms. The molecule has 66 valence electrons. The van der Waals surface area contributed by atoms with E-state index in [4.69, 9.17) is 4.74 Å². The molecular formula is C8H10BrNOS. The van der Waals surface area contributed by atoms with Gasteiger partial charge in [0.15, 0.2) is 0 Å². The van der Waals surface area contributed by atoms with E-state index in [9.17, 15) is 0 Å². The highest BCUT2D eigenvalue weighted by atomic mass is 79.9. The van der Waals surface area contributed by atoms with Gasteiger partial charge in [0.05, 0.1) is 12.8 Å². The average molecular weight is 248 g/mol. The second kappa shape index (κ2) is 5.43. The van der Waals surface area contributed by atoms with Crippen molar-refractivity contribution in [3.05, 3.63) is 22.9 Å². The molecule has 0 saturated carbocycles. The average Bonchev–Trinajstić information content (AvgIpc) is 2.05. The van der Waals surface area contributed by atoms with Gasteiger partial charge >= 0.3 is 0 Å². The molecule has 1 rings (SSSR count). The van der Waals surface area contributed by atoms with Crippen LogP contribution in [0.4, 0.5) is 0 Å². The maximum absolute atomic E-state index is 5.41. The molecule has 0 fully saturated rings. The highest BCUT2D eigenvalue weighted by molar-refractivity contribution is 9.10. The SMILES string of the molecule is CSCCOc1cncc(Br)c1. The van der Waals surface area contributed by atoms with Crippen molar-refractivity contribution in [2.24, 2.45) is 0 Å². The summed E-state index contributed by atoms with van der Waals surface area (Å²) in [5.41, 5.74) is 0. The second-order valence-corrected chi connectivity index (χ2v) is 4.08. The summed E-state index contributed by atoms with van der Waals surface area (Å²) >= 11 is 5.09. The molecule has 0 spiro atoms. The van der Waals surface area contributed by atoms with Crippen LogP contribution in [0.5, 0.6) is 5.75 Å². The first-order chi connectivity index (χ1) is 5.83. The topological polar surface area (TPSA) is 22.1 Å². The molecule has 1 aromatic rings. The Hall–Kier alpha value is -0.220. The number of halogens is 1. The molecule has 1 aromatic heterocycles. The van der Waals surface area contributed by atoms with Crippen molar-refractivity contribution >= 4 is 27.7 Å². The molecule has 0 amide bonds. The summed E-state index contributed by atoms with van der Waals surface area (Å²) in [6.07, 6.45) is 5.51. The van der Waals surface area contributed by atoms with Crippen LogP contribution in [-0.4, -0.2) is 23.6 Å². The van der Waals surface area contributed by atoms with Crippen LogP contribution in [0.3, 0.4) is 0 Å². The Morgan fingerprint density at radius 3 is 3.08 bits per heavy atom. The van der Waals surface area contributed by atoms with Crippen LogP contribution in [0.25, 0.3) is 0 Å². The summed E-state index contributed by atoms with van der Waals surface area (Å²) in [7, 11) is 0. The minimum absolute atomic E-state index is 0.735. The number of hydrogen-bond acceptors (Lipinski definition) is 3. The lowest BCUT2D eigenvalue weighted by atomic mass is 10.5. The van der Waals surface area contributed by atoms with E-state index in [1.54, 1.807) is 24.2 Å². The summed E-state index contributed by atoms with van der Waals surface area (Å²) < 4.78 is 6.36. The van der Waals surface area contributed by atoms with E-state index in [1.165, 1.54) is 0 Å². The zero-order valence-electron chi connectivity index (χ0n) is 6.79. The first-order valence-electron chi connectivity index (χ1n) is 3.55. The molecule has 12 heavy (non-hydrogen) atoms. The van der Waals surface area contributed by atoms with Crippen LogP contribution in [0.15, 0.2) is 22.9 Å². The van der Waals surface area contributed by atoms with Crippen LogP contribution in [0.1, 0.15) is 0 Å². The Kier molecular flexibility index (Phi) is 4.46. The van der Waals surface area contributed by atoms with Crippen LogP contribution >= 0.6 is 27.7 Å². The first-order valence-corrected chi connectivity index (χ1v) is 5.74. The highest BCUT2D eigenvalue weighted by Gasteiger charge is 1.93. The number of rotatable bonds is 4. The van der Waals surface area contributed by atoms with Crippen molar-refractivity contribution in [1.82, 2.24) is 4.98 Å². The Balaban J connectivity index is 2.41. The molecule has 0 aromatic carbocycles. The predicted octanol–water partition coefficient (Wildman–Crippen LogP) is 2.59.